The number of rotatable bonds is 6. The number of pyridine rings is 1. The van der Waals surface area contributed by atoms with E-state index in [1.54, 1.807) is 4.52 Å². The third-order valence-corrected chi connectivity index (χ3v) is 6.25. The second-order valence-corrected chi connectivity index (χ2v) is 9.23. The Bertz CT molecular complexity index is 1110. The van der Waals surface area contributed by atoms with E-state index in [4.69, 9.17) is 9.26 Å². The number of fused-ring (bicyclic) bond motifs is 1. The number of ether oxygens (including phenoxy) is 1. The lowest BCUT2D eigenvalue weighted by Crippen LogP contribution is -2.62. The SMILES string of the molecule is Cc1onc(OC[C@H]2N(C)CC2(C)C)c1-c1ccn2nc(NC(=O)C3CC3)cc2c1. The molecule has 5 rings (SSSR count). The largest absolute Gasteiger partial charge is 0.473 e. The summed E-state index contributed by atoms with van der Waals surface area (Å²) in [6, 6.07) is 6.18. The number of likely N-dealkylation sites (tertiary alicyclic amines) is 1. The molecule has 1 amide bonds. The summed E-state index contributed by atoms with van der Waals surface area (Å²) < 4.78 is 13.3. The predicted molar refractivity (Wildman–Crippen MR) is 112 cm³/mol. The Labute approximate surface area is 175 Å². The van der Waals surface area contributed by atoms with E-state index in [9.17, 15) is 4.79 Å². The van der Waals surface area contributed by atoms with Crippen LogP contribution < -0.4 is 10.1 Å². The van der Waals surface area contributed by atoms with Gasteiger partial charge in [-0.3, -0.25) is 9.69 Å². The van der Waals surface area contributed by atoms with Gasteiger partial charge < -0.3 is 14.6 Å². The first-order chi connectivity index (χ1) is 14.3. The molecule has 8 nitrogen and oxygen atoms in total. The van der Waals surface area contributed by atoms with Crippen LogP contribution in [0.2, 0.25) is 0 Å². The lowest BCUT2D eigenvalue weighted by atomic mass is 9.76. The lowest BCUT2D eigenvalue weighted by molar-refractivity contribution is -0.117. The molecule has 3 aromatic heterocycles. The molecule has 4 heterocycles. The van der Waals surface area contributed by atoms with Crippen molar-refractivity contribution in [3.05, 3.63) is 30.2 Å². The van der Waals surface area contributed by atoms with Gasteiger partial charge in [0.05, 0.1) is 11.1 Å². The molecular weight excluding hydrogens is 382 g/mol. The van der Waals surface area contributed by atoms with E-state index in [1.165, 1.54) is 0 Å². The van der Waals surface area contributed by atoms with Crippen LogP contribution in [0.3, 0.4) is 0 Å². The standard InChI is InChI=1S/C22H27N5O3/c1-13-19(21(25-30-13)29-11-17-22(2,3)12-26(17)4)15-7-8-27-16(9-15)10-18(24-27)23-20(28)14-5-6-14/h7-10,14,17H,5-6,11-12H2,1-4H3,(H,23,24,28)/t17-/m1/s1. The molecule has 1 saturated carbocycles. The molecule has 158 valence electrons. The molecular formula is C22H27N5O3. The van der Waals surface area contributed by atoms with Crippen LogP contribution in [0.25, 0.3) is 16.6 Å². The third-order valence-electron chi connectivity index (χ3n) is 6.25. The average Bonchev–Trinajstić information content (AvgIpc) is 3.37. The Morgan fingerprint density at radius 3 is 2.87 bits per heavy atom. The summed E-state index contributed by atoms with van der Waals surface area (Å²) in [5.74, 6) is 1.97. The van der Waals surface area contributed by atoms with Crippen molar-refractivity contribution >= 4 is 17.2 Å². The molecule has 2 aliphatic rings. The molecule has 1 aliphatic heterocycles. The number of likely N-dealkylation sites (N-methyl/N-ethyl adjacent to an activating group) is 1. The molecule has 0 aromatic carbocycles. The van der Waals surface area contributed by atoms with Crippen molar-refractivity contribution < 1.29 is 14.1 Å². The van der Waals surface area contributed by atoms with Gasteiger partial charge in [-0.15, -0.1) is 0 Å². The first kappa shape index (κ1) is 19.1. The minimum absolute atomic E-state index is 0.0491. The maximum atomic E-state index is 12.0. The molecule has 1 saturated heterocycles. The summed E-state index contributed by atoms with van der Waals surface area (Å²) in [4.78, 5) is 14.3. The fraction of sp³-hybridized carbons (Fsp3) is 0.500. The Balaban J connectivity index is 1.38. The molecule has 8 heteroatoms. The second-order valence-electron chi connectivity index (χ2n) is 9.23. The molecule has 0 unspecified atom stereocenters. The number of carbonyl (C=O) groups excluding carboxylic acids is 1. The minimum Gasteiger partial charge on any atom is -0.473 e. The highest BCUT2D eigenvalue weighted by Crippen LogP contribution is 2.38. The topological polar surface area (TPSA) is 84.9 Å². The maximum Gasteiger partial charge on any atom is 0.262 e. The Morgan fingerprint density at radius 1 is 1.37 bits per heavy atom. The highest BCUT2D eigenvalue weighted by atomic mass is 16.5. The van der Waals surface area contributed by atoms with E-state index in [0.29, 0.717) is 30.1 Å². The highest BCUT2D eigenvalue weighted by molar-refractivity contribution is 5.93. The van der Waals surface area contributed by atoms with Gasteiger partial charge in [-0.1, -0.05) is 13.8 Å². The van der Waals surface area contributed by atoms with Crippen molar-refractivity contribution in [1.82, 2.24) is 19.7 Å². The van der Waals surface area contributed by atoms with Gasteiger partial charge in [-0.2, -0.15) is 5.10 Å². The Morgan fingerprint density at radius 2 is 2.17 bits per heavy atom. The number of anilines is 1. The van der Waals surface area contributed by atoms with Gasteiger partial charge >= 0.3 is 0 Å². The third kappa shape index (κ3) is 3.35. The monoisotopic (exact) mass is 409 g/mol. The summed E-state index contributed by atoms with van der Waals surface area (Å²) in [6.45, 7) is 8.01. The van der Waals surface area contributed by atoms with Crippen molar-refractivity contribution in [2.45, 2.75) is 39.7 Å². The summed E-state index contributed by atoms with van der Waals surface area (Å²) in [7, 11) is 2.11. The molecule has 0 radical (unpaired) electrons. The van der Waals surface area contributed by atoms with E-state index in [1.807, 2.05) is 31.3 Å². The number of nitrogens with zero attached hydrogens (tertiary/aromatic N) is 4. The Hall–Kier alpha value is -2.87. The summed E-state index contributed by atoms with van der Waals surface area (Å²) in [5, 5.41) is 11.5. The molecule has 2 fully saturated rings. The summed E-state index contributed by atoms with van der Waals surface area (Å²) in [6.07, 6.45) is 3.80. The van der Waals surface area contributed by atoms with Gasteiger partial charge in [-0.05, 0) is 55.1 Å². The first-order valence-electron chi connectivity index (χ1n) is 10.4. The number of hydrogen-bond acceptors (Lipinski definition) is 6. The van der Waals surface area contributed by atoms with E-state index in [2.05, 4.69) is 41.4 Å². The summed E-state index contributed by atoms with van der Waals surface area (Å²) >= 11 is 0. The zero-order chi connectivity index (χ0) is 21.0. The van der Waals surface area contributed by atoms with Gasteiger partial charge in [0.2, 0.25) is 5.91 Å². The minimum atomic E-state index is 0.0491. The van der Waals surface area contributed by atoms with Crippen LogP contribution in [-0.4, -0.2) is 51.8 Å². The van der Waals surface area contributed by atoms with Gasteiger partial charge in [0.1, 0.15) is 12.4 Å². The van der Waals surface area contributed by atoms with Crippen LogP contribution in [0.5, 0.6) is 5.88 Å². The van der Waals surface area contributed by atoms with E-state index < -0.39 is 0 Å². The van der Waals surface area contributed by atoms with Crippen molar-refractivity contribution in [2.75, 3.05) is 25.5 Å². The van der Waals surface area contributed by atoms with Gasteiger partial charge in [-0.25, -0.2) is 4.52 Å². The van der Waals surface area contributed by atoms with Crippen LogP contribution in [0, 0.1) is 18.3 Å². The van der Waals surface area contributed by atoms with Crippen molar-refractivity contribution in [1.29, 1.82) is 0 Å². The van der Waals surface area contributed by atoms with Crippen molar-refractivity contribution in [2.24, 2.45) is 11.3 Å². The van der Waals surface area contributed by atoms with Gasteiger partial charge in [0.25, 0.3) is 5.88 Å². The van der Waals surface area contributed by atoms with Crippen LogP contribution in [0.15, 0.2) is 28.9 Å². The normalized spacial score (nSPS) is 20.9. The van der Waals surface area contributed by atoms with Crippen LogP contribution in [0.1, 0.15) is 32.4 Å². The molecule has 0 spiro atoms. The number of carbonyl (C=O) groups is 1. The zero-order valence-electron chi connectivity index (χ0n) is 17.8. The number of amides is 1. The summed E-state index contributed by atoms with van der Waals surface area (Å²) in [5.41, 5.74) is 2.90. The molecule has 1 N–H and O–H groups in total. The van der Waals surface area contributed by atoms with Gasteiger partial charge in [0, 0.05) is 30.8 Å². The molecule has 1 aliphatic carbocycles. The van der Waals surface area contributed by atoms with E-state index in [0.717, 1.165) is 36.0 Å². The molecule has 3 aromatic rings. The quantitative estimate of drug-likeness (QED) is 0.672. The zero-order valence-corrected chi connectivity index (χ0v) is 17.8. The van der Waals surface area contributed by atoms with Crippen LogP contribution in [0.4, 0.5) is 5.82 Å². The fourth-order valence-electron chi connectivity index (χ4n) is 4.42. The second kappa shape index (κ2) is 6.84. The highest BCUT2D eigenvalue weighted by Gasteiger charge is 2.44. The van der Waals surface area contributed by atoms with E-state index in [-0.39, 0.29) is 17.2 Å². The number of nitrogens with one attached hydrogen (secondary N) is 1. The first-order valence-corrected chi connectivity index (χ1v) is 10.4. The Kier molecular flexibility index (Phi) is 4.36. The number of aromatic nitrogens is 3. The van der Waals surface area contributed by atoms with Crippen LogP contribution in [-0.2, 0) is 4.79 Å². The molecule has 30 heavy (non-hydrogen) atoms. The van der Waals surface area contributed by atoms with Crippen molar-refractivity contribution in [3.8, 4) is 17.0 Å². The average molecular weight is 409 g/mol. The predicted octanol–water partition coefficient (Wildman–Crippen LogP) is 3.37. The number of aryl methyl sites for hydroxylation is 1. The van der Waals surface area contributed by atoms with Crippen molar-refractivity contribution in [3.63, 3.8) is 0 Å². The fourth-order valence-corrected chi connectivity index (χ4v) is 4.42. The molecule has 0 bridgehead atoms. The van der Waals surface area contributed by atoms with E-state index >= 15 is 0 Å². The van der Waals surface area contributed by atoms with Gasteiger partial charge in [0.15, 0.2) is 5.82 Å². The number of hydrogen-bond donors (Lipinski definition) is 1. The smallest absolute Gasteiger partial charge is 0.262 e. The lowest BCUT2D eigenvalue weighted by Gasteiger charge is -2.52. The van der Waals surface area contributed by atoms with Crippen LogP contribution >= 0.6 is 0 Å². The maximum absolute atomic E-state index is 12.0. The molecule has 1 atom stereocenters.